The molecule has 0 saturated heterocycles. The zero-order valence-corrected chi connectivity index (χ0v) is 15.7. The monoisotopic (exact) mass is 390 g/mol. The largest absolute Gasteiger partial charge is 0.452 e. The molecule has 28 heavy (non-hydrogen) atoms. The Morgan fingerprint density at radius 1 is 1.04 bits per heavy atom. The van der Waals surface area contributed by atoms with E-state index in [4.69, 9.17) is 16.0 Å². The molecule has 4 aromatic rings. The Bertz CT molecular complexity index is 1180. The van der Waals surface area contributed by atoms with Crippen molar-refractivity contribution in [2.24, 2.45) is 0 Å². The summed E-state index contributed by atoms with van der Waals surface area (Å²) >= 11 is 5.89. The van der Waals surface area contributed by atoms with Crippen LogP contribution < -0.4 is 5.32 Å². The highest BCUT2D eigenvalue weighted by molar-refractivity contribution is 6.30. The number of pyridine rings is 1. The van der Waals surface area contributed by atoms with Crippen LogP contribution in [0.4, 0.5) is 5.69 Å². The zero-order chi connectivity index (χ0) is 19.7. The Morgan fingerprint density at radius 3 is 2.54 bits per heavy atom. The molecule has 4 rings (SSSR count). The van der Waals surface area contributed by atoms with Crippen LogP contribution in [0.25, 0.3) is 11.0 Å². The molecule has 0 aliphatic heterocycles. The maximum Gasteiger partial charge on any atom is 0.274 e. The van der Waals surface area contributed by atoms with E-state index in [9.17, 15) is 9.59 Å². The van der Waals surface area contributed by atoms with Gasteiger partial charge in [-0.05, 0) is 61.5 Å². The van der Waals surface area contributed by atoms with E-state index < -0.39 is 0 Å². The molecule has 2 heterocycles. The highest BCUT2D eigenvalue weighted by Crippen LogP contribution is 2.29. The summed E-state index contributed by atoms with van der Waals surface area (Å²) in [6, 6.07) is 17.0. The average Bonchev–Trinajstić information content (AvgIpc) is 3.05. The summed E-state index contributed by atoms with van der Waals surface area (Å²) in [5.41, 5.74) is 2.70. The molecule has 0 unspecified atom stereocenters. The van der Waals surface area contributed by atoms with Crippen LogP contribution in [0.15, 0.2) is 71.3 Å². The molecule has 0 radical (unpaired) electrons. The number of fused-ring (bicyclic) bond motifs is 1. The molecule has 0 fully saturated rings. The lowest BCUT2D eigenvalue weighted by molar-refractivity contribution is 0.101. The summed E-state index contributed by atoms with van der Waals surface area (Å²) in [6.45, 7) is 1.82. The number of anilines is 1. The fourth-order valence-electron chi connectivity index (χ4n) is 2.94. The van der Waals surface area contributed by atoms with Crippen molar-refractivity contribution in [3.8, 4) is 0 Å². The number of hydrogen-bond acceptors (Lipinski definition) is 4. The van der Waals surface area contributed by atoms with Gasteiger partial charge in [-0.2, -0.15) is 0 Å². The molecule has 6 heteroatoms. The van der Waals surface area contributed by atoms with E-state index in [2.05, 4.69) is 10.3 Å². The molecular formula is C22H15ClN2O3. The average molecular weight is 391 g/mol. The number of ketones is 1. The third kappa shape index (κ3) is 3.40. The molecule has 138 valence electrons. The van der Waals surface area contributed by atoms with Crippen LogP contribution in [0.3, 0.4) is 0 Å². The number of halogens is 1. The first-order valence-corrected chi connectivity index (χ1v) is 8.96. The van der Waals surface area contributed by atoms with Gasteiger partial charge in [0, 0.05) is 33.4 Å². The predicted molar refractivity (Wildman–Crippen MR) is 108 cm³/mol. The maximum atomic E-state index is 12.8. The first-order valence-electron chi connectivity index (χ1n) is 8.59. The molecule has 5 nitrogen and oxygen atoms in total. The molecule has 0 spiro atoms. The van der Waals surface area contributed by atoms with E-state index in [-0.39, 0.29) is 17.5 Å². The third-order valence-corrected chi connectivity index (χ3v) is 4.66. The van der Waals surface area contributed by atoms with E-state index in [0.717, 1.165) is 5.39 Å². The van der Waals surface area contributed by atoms with E-state index in [1.54, 1.807) is 66.9 Å². The van der Waals surface area contributed by atoms with E-state index in [1.165, 1.54) is 0 Å². The second kappa shape index (κ2) is 7.29. The zero-order valence-electron chi connectivity index (χ0n) is 14.9. The minimum Gasteiger partial charge on any atom is -0.452 e. The van der Waals surface area contributed by atoms with Gasteiger partial charge in [-0.15, -0.1) is 0 Å². The minimum atomic E-state index is -0.307. The van der Waals surface area contributed by atoms with E-state index in [0.29, 0.717) is 33.1 Å². The summed E-state index contributed by atoms with van der Waals surface area (Å²) < 4.78 is 5.78. The fourth-order valence-corrected chi connectivity index (χ4v) is 3.07. The van der Waals surface area contributed by atoms with Crippen molar-refractivity contribution in [1.82, 2.24) is 4.98 Å². The summed E-state index contributed by atoms with van der Waals surface area (Å²) in [7, 11) is 0. The fraction of sp³-hybridized carbons (Fsp3) is 0.0455. The number of carbonyl (C=O) groups excluding carboxylic acids is 2. The van der Waals surface area contributed by atoms with Crippen molar-refractivity contribution in [2.75, 3.05) is 5.32 Å². The first kappa shape index (κ1) is 17.9. The molecule has 2 aromatic heterocycles. The molecule has 0 atom stereocenters. The van der Waals surface area contributed by atoms with Crippen LogP contribution in [-0.2, 0) is 0 Å². The molecule has 0 aliphatic rings. The van der Waals surface area contributed by atoms with Gasteiger partial charge in [-0.25, -0.2) is 0 Å². The summed E-state index contributed by atoms with van der Waals surface area (Å²) in [4.78, 5) is 29.1. The van der Waals surface area contributed by atoms with Crippen molar-refractivity contribution in [2.45, 2.75) is 6.92 Å². The number of aryl methyl sites for hydroxylation is 1. The molecule has 2 aromatic carbocycles. The summed E-state index contributed by atoms with van der Waals surface area (Å²) in [5, 5.41) is 4.13. The minimum absolute atomic E-state index is 0.218. The van der Waals surface area contributed by atoms with E-state index in [1.807, 2.05) is 6.92 Å². The van der Waals surface area contributed by atoms with Gasteiger partial charge in [0.15, 0.2) is 5.76 Å². The SMILES string of the molecule is Cc1c(C(=O)c2ccc(Cl)cc2)oc2ccc(NC(=O)c3ccccn3)cc12. The van der Waals surface area contributed by atoms with Crippen molar-refractivity contribution < 1.29 is 14.0 Å². The van der Waals surface area contributed by atoms with Gasteiger partial charge in [0.05, 0.1) is 0 Å². The number of benzene rings is 2. The lowest BCUT2D eigenvalue weighted by Gasteiger charge is -2.04. The number of nitrogens with one attached hydrogen (secondary N) is 1. The number of hydrogen-bond donors (Lipinski definition) is 1. The van der Waals surface area contributed by atoms with Crippen LogP contribution in [0.2, 0.25) is 5.02 Å². The number of furan rings is 1. The van der Waals surface area contributed by atoms with Crippen molar-refractivity contribution >= 4 is 39.9 Å². The molecule has 0 bridgehead atoms. The van der Waals surface area contributed by atoms with Gasteiger partial charge < -0.3 is 9.73 Å². The van der Waals surface area contributed by atoms with Crippen LogP contribution in [0, 0.1) is 6.92 Å². The third-order valence-electron chi connectivity index (χ3n) is 4.40. The van der Waals surface area contributed by atoms with Gasteiger partial charge >= 0.3 is 0 Å². The number of aromatic nitrogens is 1. The highest BCUT2D eigenvalue weighted by Gasteiger charge is 2.20. The summed E-state index contributed by atoms with van der Waals surface area (Å²) in [5.74, 6) is -0.256. The van der Waals surface area contributed by atoms with Crippen LogP contribution in [0.1, 0.15) is 32.2 Å². The van der Waals surface area contributed by atoms with Crippen LogP contribution in [-0.4, -0.2) is 16.7 Å². The Hall–Kier alpha value is -3.44. The Balaban J connectivity index is 1.65. The van der Waals surface area contributed by atoms with Crippen LogP contribution >= 0.6 is 11.6 Å². The molecule has 0 saturated carbocycles. The number of rotatable bonds is 4. The van der Waals surface area contributed by atoms with Gasteiger partial charge in [-0.3, -0.25) is 14.6 Å². The summed E-state index contributed by atoms with van der Waals surface area (Å²) in [6.07, 6.45) is 1.56. The number of nitrogens with zero attached hydrogens (tertiary/aromatic N) is 1. The number of carbonyl (C=O) groups is 2. The Kier molecular flexibility index (Phi) is 4.67. The van der Waals surface area contributed by atoms with Gasteiger partial charge in [0.1, 0.15) is 11.3 Å². The Morgan fingerprint density at radius 2 is 1.82 bits per heavy atom. The normalized spacial score (nSPS) is 10.8. The standard InChI is InChI=1S/C22H15ClN2O3/c1-13-17-12-16(25-22(27)18-4-2-3-11-24-18)9-10-19(17)28-21(13)20(26)14-5-7-15(23)8-6-14/h2-12H,1H3,(H,25,27). The number of amides is 1. The topological polar surface area (TPSA) is 72.2 Å². The molecular weight excluding hydrogens is 376 g/mol. The second-order valence-electron chi connectivity index (χ2n) is 6.27. The van der Waals surface area contributed by atoms with Gasteiger partial charge in [0.2, 0.25) is 5.78 Å². The lowest BCUT2D eigenvalue weighted by atomic mass is 10.0. The lowest BCUT2D eigenvalue weighted by Crippen LogP contribution is -2.13. The van der Waals surface area contributed by atoms with Crippen molar-refractivity contribution in [3.05, 3.63) is 94.5 Å². The van der Waals surface area contributed by atoms with Crippen molar-refractivity contribution in [3.63, 3.8) is 0 Å². The van der Waals surface area contributed by atoms with E-state index >= 15 is 0 Å². The van der Waals surface area contributed by atoms with Crippen molar-refractivity contribution in [1.29, 1.82) is 0 Å². The molecule has 0 aliphatic carbocycles. The second-order valence-corrected chi connectivity index (χ2v) is 6.71. The molecule has 1 amide bonds. The molecule has 1 N–H and O–H groups in total. The van der Waals surface area contributed by atoms with Crippen LogP contribution in [0.5, 0.6) is 0 Å². The maximum absolute atomic E-state index is 12.8. The smallest absolute Gasteiger partial charge is 0.274 e. The Labute approximate surface area is 166 Å². The highest BCUT2D eigenvalue weighted by atomic mass is 35.5. The van der Waals surface area contributed by atoms with Gasteiger partial charge in [-0.1, -0.05) is 17.7 Å². The predicted octanol–water partition coefficient (Wildman–Crippen LogP) is 5.27. The van der Waals surface area contributed by atoms with Gasteiger partial charge in [0.25, 0.3) is 5.91 Å². The first-order chi connectivity index (χ1) is 13.5. The quantitative estimate of drug-likeness (QED) is 0.481.